The summed E-state index contributed by atoms with van der Waals surface area (Å²) in [4.78, 5) is 0. The summed E-state index contributed by atoms with van der Waals surface area (Å²) in [6.07, 6.45) is 9.03. The predicted octanol–water partition coefficient (Wildman–Crippen LogP) is 3.44. The SMILES string of the molecule is C[C@]12CC[C@H]3C(=C(O)C=C4C[C@@H](N)CC[C@@]43C)[C@@H]1CC[C@@H]2O. The smallest absolute Gasteiger partial charge is 0.115 e. The van der Waals surface area contributed by atoms with E-state index in [1.54, 1.807) is 0 Å². The first kappa shape index (κ1) is 14.8. The number of fused-ring (bicyclic) bond motifs is 5. The molecule has 3 fully saturated rings. The Bertz CT molecular complexity index is 566. The molecule has 0 bridgehead atoms. The molecule has 3 saturated carbocycles. The number of aliphatic hydroxyl groups excluding tert-OH is 2. The quantitative estimate of drug-likeness (QED) is 0.642. The molecule has 0 radical (unpaired) electrons. The van der Waals surface area contributed by atoms with Crippen molar-refractivity contribution in [2.75, 3.05) is 0 Å². The standard InChI is InChI=1S/C19H29NO2/c1-18-7-5-12(20)9-11(18)10-15(21)17-13-3-4-16(22)19(13,2)8-6-14(17)18/h10,12-14,16,21-22H,3-9,20H2,1-2H3/t12-,13-,14-,16-,18-,19-/m0/s1. The van der Waals surface area contributed by atoms with E-state index in [1.165, 1.54) is 11.1 Å². The molecule has 4 aliphatic carbocycles. The summed E-state index contributed by atoms with van der Waals surface area (Å²) in [5.74, 6) is 1.30. The van der Waals surface area contributed by atoms with Gasteiger partial charge in [-0.25, -0.2) is 0 Å². The molecule has 0 aromatic carbocycles. The third-order valence-corrected chi connectivity index (χ3v) is 7.63. The maximum absolute atomic E-state index is 10.8. The lowest BCUT2D eigenvalue weighted by atomic mass is 9.51. The number of rotatable bonds is 0. The van der Waals surface area contributed by atoms with Crippen molar-refractivity contribution in [1.82, 2.24) is 0 Å². The van der Waals surface area contributed by atoms with Crippen LogP contribution in [0.2, 0.25) is 0 Å². The van der Waals surface area contributed by atoms with E-state index in [1.807, 2.05) is 6.08 Å². The van der Waals surface area contributed by atoms with E-state index in [4.69, 9.17) is 5.73 Å². The summed E-state index contributed by atoms with van der Waals surface area (Å²) in [5, 5.41) is 21.2. The lowest BCUT2D eigenvalue weighted by Gasteiger charge is -2.54. The largest absolute Gasteiger partial charge is 0.508 e. The molecule has 0 aliphatic heterocycles. The Balaban J connectivity index is 1.80. The van der Waals surface area contributed by atoms with Gasteiger partial charge in [-0.3, -0.25) is 0 Å². The zero-order valence-corrected chi connectivity index (χ0v) is 13.8. The predicted molar refractivity (Wildman–Crippen MR) is 87.2 cm³/mol. The molecule has 6 atom stereocenters. The molecule has 4 rings (SSSR count). The Labute approximate surface area is 133 Å². The fourth-order valence-electron chi connectivity index (χ4n) is 6.07. The first-order valence-corrected chi connectivity index (χ1v) is 8.94. The first-order chi connectivity index (χ1) is 10.4. The molecule has 0 saturated heterocycles. The average Bonchev–Trinajstić information content (AvgIpc) is 2.77. The van der Waals surface area contributed by atoms with Crippen molar-refractivity contribution in [2.45, 2.75) is 70.9 Å². The van der Waals surface area contributed by atoms with Crippen molar-refractivity contribution in [3.8, 4) is 0 Å². The number of hydrogen-bond donors (Lipinski definition) is 3. The van der Waals surface area contributed by atoms with Gasteiger partial charge >= 0.3 is 0 Å². The van der Waals surface area contributed by atoms with Crippen molar-refractivity contribution >= 4 is 0 Å². The molecule has 3 nitrogen and oxygen atoms in total. The summed E-state index contributed by atoms with van der Waals surface area (Å²) < 4.78 is 0. The van der Waals surface area contributed by atoms with Crippen molar-refractivity contribution < 1.29 is 10.2 Å². The van der Waals surface area contributed by atoms with Crippen LogP contribution in [0.25, 0.3) is 0 Å². The van der Waals surface area contributed by atoms with Gasteiger partial charge in [0.1, 0.15) is 5.76 Å². The highest BCUT2D eigenvalue weighted by Gasteiger charge is 2.57. The van der Waals surface area contributed by atoms with E-state index in [0.29, 0.717) is 17.6 Å². The number of allylic oxidation sites excluding steroid dienone is 2. The minimum atomic E-state index is -0.211. The molecule has 4 aliphatic rings. The molecule has 0 aromatic rings. The van der Waals surface area contributed by atoms with Crippen molar-refractivity contribution in [3.05, 3.63) is 23.0 Å². The maximum Gasteiger partial charge on any atom is 0.115 e. The van der Waals surface area contributed by atoms with Gasteiger partial charge in [-0.1, -0.05) is 19.4 Å². The Morgan fingerprint density at radius 3 is 2.64 bits per heavy atom. The highest BCUT2D eigenvalue weighted by Crippen LogP contribution is 2.64. The lowest BCUT2D eigenvalue weighted by molar-refractivity contribution is 0.00352. The van der Waals surface area contributed by atoms with Gasteiger partial charge in [0.05, 0.1) is 6.10 Å². The summed E-state index contributed by atoms with van der Waals surface area (Å²) >= 11 is 0. The van der Waals surface area contributed by atoms with Gasteiger partial charge < -0.3 is 15.9 Å². The molecule has 0 heterocycles. The van der Waals surface area contributed by atoms with Gasteiger partial charge in [-0.15, -0.1) is 0 Å². The minimum absolute atomic E-state index is 0.0351. The van der Waals surface area contributed by atoms with Crippen LogP contribution >= 0.6 is 0 Å². The molecular weight excluding hydrogens is 274 g/mol. The highest BCUT2D eigenvalue weighted by molar-refractivity contribution is 5.41. The molecule has 4 N–H and O–H groups in total. The summed E-state index contributed by atoms with van der Waals surface area (Å²) in [7, 11) is 0. The Morgan fingerprint density at radius 1 is 1.09 bits per heavy atom. The molecular formula is C19H29NO2. The van der Waals surface area contributed by atoms with Crippen LogP contribution in [-0.4, -0.2) is 22.4 Å². The molecule has 3 heteroatoms. The minimum Gasteiger partial charge on any atom is -0.508 e. The van der Waals surface area contributed by atoms with Crippen LogP contribution in [0, 0.1) is 22.7 Å². The normalized spacial score (nSPS) is 51.0. The summed E-state index contributed by atoms with van der Waals surface area (Å²) in [6.45, 7) is 4.61. The van der Waals surface area contributed by atoms with Crippen LogP contribution in [0.1, 0.15) is 58.8 Å². The zero-order valence-electron chi connectivity index (χ0n) is 13.8. The average molecular weight is 303 g/mol. The molecule has 0 aromatic heterocycles. The van der Waals surface area contributed by atoms with Crippen molar-refractivity contribution in [3.63, 3.8) is 0 Å². The fraction of sp³-hybridized carbons (Fsp3) is 0.789. The number of nitrogens with two attached hydrogens (primary N) is 1. The van der Waals surface area contributed by atoms with Crippen LogP contribution in [0.4, 0.5) is 0 Å². The Hall–Kier alpha value is -0.800. The molecule has 0 amide bonds. The van der Waals surface area contributed by atoms with Crippen molar-refractivity contribution in [2.24, 2.45) is 28.4 Å². The van der Waals surface area contributed by atoms with Crippen LogP contribution in [0.3, 0.4) is 0 Å². The van der Waals surface area contributed by atoms with Gasteiger partial charge in [-0.05, 0) is 73.8 Å². The van der Waals surface area contributed by atoms with E-state index >= 15 is 0 Å². The van der Waals surface area contributed by atoms with E-state index in [-0.39, 0.29) is 23.0 Å². The Kier molecular flexibility index (Phi) is 3.09. The van der Waals surface area contributed by atoms with Gasteiger partial charge in [0, 0.05) is 11.5 Å². The van der Waals surface area contributed by atoms with Crippen LogP contribution in [0.5, 0.6) is 0 Å². The van der Waals surface area contributed by atoms with Gasteiger partial charge in [0.2, 0.25) is 0 Å². The molecule has 0 unspecified atom stereocenters. The zero-order chi connectivity index (χ0) is 15.7. The van der Waals surface area contributed by atoms with E-state index in [9.17, 15) is 10.2 Å². The second-order valence-corrected chi connectivity index (χ2v) is 8.67. The lowest BCUT2D eigenvalue weighted by Crippen LogP contribution is -2.48. The second kappa shape index (κ2) is 4.61. The topological polar surface area (TPSA) is 66.5 Å². The third-order valence-electron chi connectivity index (χ3n) is 7.63. The van der Waals surface area contributed by atoms with Crippen LogP contribution < -0.4 is 5.73 Å². The summed E-state index contributed by atoms with van der Waals surface area (Å²) in [6, 6.07) is 0.246. The number of aliphatic hydroxyl groups is 2. The van der Waals surface area contributed by atoms with Gasteiger partial charge in [0.15, 0.2) is 0 Å². The molecule has 0 spiro atoms. The monoisotopic (exact) mass is 303 g/mol. The van der Waals surface area contributed by atoms with E-state index in [0.717, 1.165) is 44.9 Å². The first-order valence-electron chi connectivity index (χ1n) is 8.94. The van der Waals surface area contributed by atoms with Crippen LogP contribution in [-0.2, 0) is 0 Å². The van der Waals surface area contributed by atoms with Gasteiger partial charge in [-0.2, -0.15) is 0 Å². The molecule has 22 heavy (non-hydrogen) atoms. The maximum atomic E-state index is 10.8. The third kappa shape index (κ3) is 1.75. The van der Waals surface area contributed by atoms with Crippen LogP contribution in [0.15, 0.2) is 23.0 Å². The highest BCUT2D eigenvalue weighted by atomic mass is 16.3. The van der Waals surface area contributed by atoms with E-state index < -0.39 is 0 Å². The van der Waals surface area contributed by atoms with E-state index in [2.05, 4.69) is 13.8 Å². The van der Waals surface area contributed by atoms with Gasteiger partial charge in [0.25, 0.3) is 0 Å². The number of hydrogen-bond acceptors (Lipinski definition) is 3. The second-order valence-electron chi connectivity index (χ2n) is 8.67. The van der Waals surface area contributed by atoms with Crippen molar-refractivity contribution in [1.29, 1.82) is 0 Å². The Morgan fingerprint density at radius 2 is 1.86 bits per heavy atom. The fourth-order valence-corrected chi connectivity index (χ4v) is 6.07. The molecule has 122 valence electrons. The summed E-state index contributed by atoms with van der Waals surface area (Å²) in [5.41, 5.74) is 8.92.